The van der Waals surface area contributed by atoms with Crippen LogP contribution in [0.1, 0.15) is 23.1 Å². The van der Waals surface area contributed by atoms with Crippen molar-refractivity contribution < 1.29 is 4.74 Å². The van der Waals surface area contributed by atoms with Crippen molar-refractivity contribution in [3.63, 3.8) is 0 Å². The van der Waals surface area contributed by atoms with Gasteiger partial charge in [0, 0.05) is 24.6 Å². The van der Waals surface area contributed by atoms with Crippen LogP contribution in [-0.4, -0.2) is 43.8 Å². The molecule has 30 heavy (non-hydrogen) atoms. The van der Waals surface area contributed by atoms with Gasteiger partial charge in [-0.05, 0) is 36.8 Å². The molecule has 0 N–H and O–H groups in total. The van der Waals surface area contributed by atoms with E-state index in [0.29, 0.717) is 24.3 Å². The Labute approximate surface area is 182 Å². The van der Waals surface area contributed by atoms with Gasteiger partial charge in [0.15, 0.2) is 5.82 Å². The quantitative estimate of drug-likeness (QED) is 0.462. The zero-order chi connectivity index (χ0) is 20.8. The van der Waals surface area contributed by atoms with Crippen molar-refractivity contribution in [2.75, 3.05) is 19.7 Å². The minimum Gasteiger partial charge on any atom is -0.371 e. The monoisotopic (exact) mass is 467 g/mol. The van der Waals surface area contributed by atoms with E-state index >= 15 is 0 Å². The topological polar surface area (TPSA) is 64.7 Å². The Balaban J connectivity index is 1.50. The summed E-state index contributed by atoms with van der Waals surface area (Å²) in [5.74, 6) is 1.38. The molecule has 5 rings (SSSR count). The van der Waals surface area contributed by atoms with Crippen LogP contribution in [0.5, 0.6) is 0 Å². The summed E-state index contributed by atoms with van der Waals surface area (Å²) in [4.78, 5) is 15.1. The lowest BCUT2D eigenvalue weighted by molar-refractivity contribution is -0.0337. The fourth-order valence-electron chi connectivity index (χ4n) is 4.09. The predicted octanol–water partition coefficient (Wildman–Crippen LogP) is 3.23. The van der Waals surface area contributed by atoms with E-state index in [-0.39, 0.29) is 11.7 Å². The first-order valence-electron chi connectivity index (χ1n) is 9.94. The van der Waals surface area contributed by atoms with Gasteiger partial charge in [-0.3, -0.25) is 18.7 Å². The molecule has 0 aliphatic carbocycles. The second-order valence-corrected chi connectivity index (χ2v) is 8.70. The highest BCUT2D eigenvalue weighted by Gasteiger charge is 2.24. The Morgan fingerprint density at radius 1 is 1.17 bits per heavy atom. The van der Waals surface area contributed by atoms with Crippen LogP contribution in [0, 0.1) is 6.92 Å². The van der Waals surface area contributed by atoms with E-state index in [1.54, 1.807) is 11.6 Å². The average Bonchev–Trinajstić information content (AvgIpc) is 3.16. The number of morpholine rings is 1. The first-order valence-corrected chi connectivity index (χ1v) is 10.7. The zero-order valence-corrected chi connectivity index (χ0v) is 18.5. The molecule has 0 radical (unpaired) electrons. The van der Waals surface area contributed by atoms with Crippen LogP contribution in [0.2, 0.25) is 0 Å². The van der Waals surface area contributed by atoms with Crippen LogP contribution >= 0.6 is 15.9 Å². The summed E-state index contributed by atoms with van der Waals surface area (Å²) in [6, 6.07) is 14.2. The van der Waals surface area contributed by atoms with Crippen molar-refractivity contribution in [1.82, 2.24) is 24.1 Å². The molecule has 3 heterocycles. The smallest absolute Gasteiger partial charge is 0.262 e. The van der Waals surface area contributed by atoms with Gasteiger partial charge in [0.25, 0.3) is 5.56 Å². The number of aryl methyl sites for hydroxylation is 2. The minimum atomic E-state index is -0.0539. The van der Waals surface area contributed by atoms with E-state index in [2.05, 4.69) is 43.2 Å². The number of benzene rings is 2. The third-order valence-electron chi connectivity index (χ3n) is 5.70. The molecule has 0 amide bonds. The number of hydrogen-bond acceptors (Lipinski definition) is 5. The highest BCUT2D eigenvalue weighted by Crippen LogP contribution is 2.25. The van der Waals surface area contributed by atoms with Crippen LogP contribution in [0.3, 0.4) is 0 Å². The van der Waals surface area contributed by atoms with Gasteiger partial charge in [-0.15, -0.1) is 10.2 Å². The van der Waals surface area contributed by atoms with Crippen molar-refractivity contribution in [2.45, 2.75) is 19.6 Å². The number of aromatic nitrogens is 4. The summed E-state index contributed by atoms with van der Waals surface area (Å²) in [5, 5.41) is 9.44. The van der Waals surface area contributed by atoms with Gasteiger partial charge in [0.05, 0.1) is 30.2 Å². The standard InChI is InChI=1S/C22H22BrN5O2/c1-14-3-8-18-17(11-14)21(29)26(2)22-25-24-20(28(18)22)13-27-9-10-30-19(12-27)15-4-6-16(23)7-5-15/h3-8,11,19H,9-10,12-13H2,1-2H3. The molecule has 4 aromatic rings. The van der Waals surface area contributed by atoms with E-state index in [0.717, 1.165) is 40.0 Å². The number of nitrogens with zero attached hydrogens (tertiary/aromatic N) is 5. The van der Waals surface area contributed by atoms with Gasteiger partial charge in [-0.25, -0.2) is 0 Å². The SMILES string of the molecule is Cc1ccc2c(c1)c(=O)n(C)c1nnc(CN3CCOC(c4ccc(Br)cc4)C3)n21. The van der Waals surface area contributed by atoms with Gasteiger partial charge in [0.1, 0.15) is 0 Å². The summed E-state index contributed by atoms with van der Waals surface area (Å²) in [7, 11) is 1.75. The highest BCUT2D eigenvalue weighted by atomic mass is 79.9. The molecule has 0 spiro atoms. The summed E-state index contributed by atoms with van der Waals surface area (Å²) in [5.41, 5.74) is 3.01. The highest BCUT2D eigenvalue weighted by molar-refractivity contribution is 9.10. The molecule has 1 unspecified atom stereocenters. The maximum absolute atomic E-state index is 12.8. The number of halogens is 1. The molecular formula is C22H22BrN5O2. The van der Waals surface area contributed by atoms with Crippen LogP contribution in [-0.2, 0) is 18.3 Å². The molecule has 1 saturated heterocycles. The Morgan fingerprint density at radius 2 is 1.97 bits per heavy atom. The fraction of sp³-hybridized carbons (Fsp3) is 0.318. The molecule has 1 aliphatic heterocycles. The fourth-order valence-corrected chi connectivity index (χ4v) is 4.35. The van der Waals surface area contributed by atoms with Gasteiger partial charge < -0.3 is 4.74 Å². The van der Waals surface area contributed by atoms with Crippen LogP contribution in [0.25, 0.3) is 16.7 Å². The first-order chi connectivity index (χ1) is 14.5. The maximum Gasteiger partial charge on any atom is 0.262 e. The van der Waals surface area contributed by atoms with Gasteiger partial charge >= 0.3 is 0 Å². The van der Waals surface area contributed by atoms with Crippen LogP contribution < -0.4 is 5.56 Å². The Morgan fingerprint density at radius 3 is 2.77 bits per heavy atom. The van der Waals surface area contributed by atoms with E-state index in [1.165, 1.54) is 0 Å². The molecule has 1 atom stereocenters. The zero-order valence-electron chi connectivity index (χ0n) is 16.9. The average molecular weight is 468 g/mol. The molecule has 2 aromatic heterocycles. The molecule has 154 valence electrons. The number of ether oxygens (including phenoxy) is 1. The minimum absolute atomic E-state index is 0.0229. The molecular weight excluding hydrogens is 446 g/mol. The van der Waals surface area contributed by atoms with Crippen molar-refractivity contribution in [3.8, 4) is 0 Å². The van der Waals surface area contributed by atoms with Crippen LogP contribution in [0.4, 0.5) is 0 Å². The van der Waals surface area contributed by atoms with E-state index < -0.39 is 0 Å². The van der Waals surface area contributed by atoms with E-state index in [9.17, 15) is 4.79 Å². The lowest BCUT2D eigenvalue weighted by Gasteiger charge is -2.32. The lowest BCUT2D eigenvalue weighted by atomic mass is 10.1. The van der Waals surface area contributed by atoms with Gasteiger partial charge in [0.2, 0.25) is 5.78 Å². The molecule has 7 nitrogen and oxygen atoms in total. The summed E-state index contributed by atoms with van der Waals surface area (Å²) in [6.45, 7) is 4.89. The Bertz CT molecular complexity index is 1300. The number of hydrogen-bond donors (Lipinski definition) is 0. The third-order valence-corrected chi connectivity index (χ3v) is 6.23. The molecule has 1 fully saturated rings. The predicted molar refractivity (Wildman–Crippen MR) is 119 cm³/mol. The Kier molecular flexibility index (Phi) is 4.92. The van der Waals surface area contributed by atoms with Crippen molar-refractivity contribution in [2.24, 2.45) is 7.05 Å². The largest absolute Gasteiger partial charge is 0.371 e. The van der Waals surface area contributed by atoms with Crippen molar-refractivity contribution >= 4 is 32.6 Å². The summed E-state index contributed by atoms with van der Waals surface area (Å²) < 4.78 is 10.6. The second kappa shape index (κ2) is 7.61. The molecule has 2 aromatic carbocycles. The van der Waals surface area contributed by atoms with E-state index in [4.69, 9.17) is 4.74 Å². The van der Waals surface area contributed by atoms with Crippen LogP contribution in [0.15, 0.2) is 51.7 Å². The lowest BCUT2D eigenvalue weighted by Crippen LogP contribution is -2.38. The number of rotatable bonds is 3. The molecule has 0 bridgehead atoms. The van der Waals surface area contributed by atoms with Gasteiger partial charge in [-0.2, -0.15) is 0 Å². The summed E-state index contributed by atoms with van der Waals surface area (Å²) in [6.07, 6.45) is 0.0229. The summed E-state index contributed by atoms with van der Waals surface area (Å²) >= 11 is 3.49. The van der Waals surface area contributed by atoms with Crippen molar-refractivity contribution in [3.05, 3.63) is 74.2 Å². The number of fused-ring (bicyclic) bond motifs is 3. The third kappa shape index (κ3) is 3.34. The maximum atomic E-state index is 12.8. The molecule has 0 saturated carbocycles. The normalized spacial score (nSPS) is 17.8. The molecule has 1 aliphatic rings. The van der Waals surface area contributed by atoms with Gasteiger partial charge in [-0.1, -0.05) is 39.7 Å². The Hall–Kier alpha value is -2.55. The first kappa shape index (κ1) is 19.4. The van der Waals surface area contributed by atoms with E-state index in [1.807, 2.05) is 41.7 Å². The second-order valence-electron chi connectivity index (χ2n) is 7.78. The molecule has 8 heteroatoms. The van der Waals surface area contributed by atoms with Crippen molar-refractivity contribution in [1.29, 1.82) is 0 Å².